The monoisotopic (exact) mass is 447 g/mol. The van der Waals surface area contributed by atoms with Gasteiger partial charge in [-0.2, -0.15) is 0 Å². The van der Waals surface area contributed by atoms with E-state index in [1.54, 1.807) is 24.3 Å². The third-order valence-corrected chi connectivity index (χ3v) is 7.18. The Morgan fingerprint density at radius 1 is 0.588 bits per heavy atom. The van der Waals surface area contributed by atoms with Crippen molar-refractivity contribution in [2.45, 2.75) is 11.8 Å². The van der Waals surface area contributed by atoms with Crippen LogP contribution in [0.15, 0.2) is 103 Å². The van der Waals surface area contributed by atoms with Crippen LogP contribution in [0, 0.1) is 11.7 Å². The van der Waals surface area contributed by atoms with E-state index in [4.69, 9.17) is 0 Å². The molecule has 3 atom stereocenters. The molecule has 2 aliphatic rings. The van der Waals surface area contributed by atoms with Crippen molar-refractivity contribution in [3.05, 3.63) is 142 Å². The molecule has 34 heavy (non-hydrogen) atoms. The molecule has 0 saturated heterocycles. The Kier molecular flexibility index (Phi) is 4.88. The Morgan fingerprint density at radius 2 is 1.06 bits per heavy atom. The van der Waals surface area contributed by atoms with Gasteiger partial charge in [-0.25, -0.2) is 4.39 Å². The van der Waals surface area contributed by atoms with E-state index in [-0.39, 0.29) is 41.9 Å². The minimum atomic E-state index is -0.286. The first-order valence-electron chi connectivity index (χ1n) is 11.5. The van der Waals surface area contributed by atoms with Crippen molar-refractivity contribution in [1.82, 2.24) is 4.90 Å². The molecule has 0 radical (unpaired) electrons. The van der Waals surface area contributed by atoms with E-state index in [0.717, 1.165) is 16.7 Å². The number of carbonyl (C=O) groups is 2. The summed E-state index contributed by atoms with van der Waals surface area (Å²) in [5.74, 6) is -0.954. The summed E-state index contributed by atoms with van der Waals surface area (Å²) >= 11 is 0. The van der Waals surface area contributed by atoms with Crippen LogP contribution in [0.5, 0.6) is 0 Å². The molecule has 0 saturated carbocycles. The van der Waals surface area contributed by atoms with Crippen molar-refractivity contribution in [2.24, 2.45) is 5.92 Å². The van der Waals surface area contributed by atoms with Crippen molar-refractivity contribution < 1.29 is 14.0 Å². The number of imide groups is 1. The van der Waals surface area contributed by atoms with Gasteiger partial charge < -0.3 is 0 Å². The molecule has 1 aliphatic carbocycles. The fourth-order valence-corrected chi connectivity index (χ4v) is 5.74. The molecule has 1 heterocycles. The summed E-state index contributed by atoms with van der Waals surface area (Å²) < 4.78 is 13.8. The molecule has 4 aromatic rings. The molecule has 166 valence electrons. The Balaban J connectivity index is 1.49. The first kappa shape index (κ1) is 20.5. The third-order valence-electron chi connectivity index (χ3n) is 7.18. The quantitative estimate of drug-likeness (QED) is 0.359. The van der Waals surface area contributed by atoms with E-state index in [9.17, 15) is 14.0 Å². The fraction of sp³-hybridized carbons (Fsp3) is 0.133. The van der Waals surface area contributed by atoms with E-state index in [1.165, 1.54) is 22.6 Å². The molecule has 0 N–H and O–H groups in total. The molecule has 1 aliphatic heterocycles. The summed E-state index contributed by atoms with van der Waals surface area (Å²) in [6.07, 6.45) is 0. The largest absolute Gasteiger partial charge is 0.274 e. The maximum atomic E-state index is 13.8. The molecule has 4 aromatic carbocycles. The highest BCUT2D eigenvalue weighted by Crippen LogP contribution is 2.53. The maximum Gasteiger partial charge on any atom is 0.261 e. The lowest BCUT2D eigenvalue weighted by atomic mass is 9.79. The van der Waals surface area contributed by atoms with Crippen LogP contribution in [-0.2, 0) is 0 Å². The molecule has 0 bridgehead atoms. The summed E-state index contributed by atoms with van der Waals surface area (Å²) in [6.45, 7) is 0.280. The highest BCUT2D eigenvalue weighted by molar-refractivity contribution is 6.21. The van der Waals surface area contributed by atoms with Crippen molar-refractivity contribution in [2.75, 3.05) is 6.54 Å². The minimum Gasteiger partial charge on any atom is -0.274 e. The van der Waals surface area contributed by atoms with E-state index < -0.39 is 0 Å². The second-order valence-electron chi connectivity index (χ2n) is 8.98. The normalized spacial score (nSPS) is 21.0. The van der Waals surface area contributed by atoms with Crippen LogP contribution in [0.1, 0.15) is 54.8 Å². The Labute approximate surface area is 197 Å². The summed E-state index contributed by atoms with van der Waals surface area (Å²) in [4.78, 5) is 27.9. The Morgan fingerprint density at radius 3 is 1.62 bits per heavy atom. The van der Waals surface area contributed by atoms with Gasteiger partial charge in [0.1, 0.15) is 5.82 Å². The van der Waals surface area contributed by atoms with Gasteiger partial charge in [-0.1, -0.05) is 78.9 Å². The lowest BCUT2D eigenvalue weighted by molar-refractivity contribution is 0.0622. The van der Waals surface area contributed by atoms with E-state index in [0.29, 0.717) is 11.1 Å². The van der Waals surface area contributed by atoms with Crippen molar-refractivity contribution in [3.63, 3.8) is 0 Å². The molecule has 4 heteroatoms. The summed E-state index contributed by atoms with van der Waals surface area (Å²) in [5.41, 5.74) is 5.37. The van der Waals surface area contributed by atoms with Gasteiger partial charge >= 0.3 is 0 Å². The van der Waals surface area contributed by atoms with Gasteiger partial charge in [-0.05, 0) is 52.4 Å². The predicted octanol–water partition coefficient (Wildman–Crippen LogP) is 6.02. The number of amides is 2. The van der Waals surface area contributed by atoms with Crippen LogP contribution in [0.2, 0.25) is 0 Å². The first-order chi connectivity index (χ1) is 16.6. The third kappa shape index (κ3) is 3.18. The molecular weight excluding hydrogens is 425 g/mol. The van der Waals surface area contributed by atoms with E-state index in [2.05, 4.69) is 24.3 Å². The van der Waals surface area contributed by atoms with Crippen molar-refractivity contribution in [1.29, 1.82) is 0 Å². The molecule has 2 amide bonds. The zero-order valence-corrected chi connectivity index (χ0v) is 18.4. The number of benzene rings is 4. The minimum absolute atomic E-state index is 0.00300. The number of nitrogens with zero attached hydrogens (tertiary/aromatic N) is 1. The van der Waals surface area contributed by atoms with E-state index >= 15 is 0 Å². The van der Waals surface area contributed by atoms with Gasteiger partial charge in [-0.15, -0.1) is 0 Å². The van der Waals surface area contributed by atoms with Crippen LogP contribution >= 0.6 is 0 Å². The molecule has 3 nitrogen and oxygen atoms in total. The Hall–Kier alpha value is -4.05. The zero-order chi connectivity index (χ0) is 23.2. The van der Waals surface area contributed by atoms with Gasteiger partial charge in [0.05, 0.1) is 11.1 Å². The SMILES string of the molecule is O=C1c2ccccc2C(=O)N1C[C@H]1[C@H](c2ccccc2)c2ccccc2[C@@H]1c1ccc(F)cc1. The summed E-state index contributed by atoms with van der Waals surface area (Å²) in [7, 11) is 0. The molecule has 0 spiro atoms. The van der Waals surface area contributed by atoms with Crippen LogP contribution in [-0.4, -0.2) is 23.3 Å². The van der Waals surface area contributed by atoms with Gasteiger partial charge in [0.15, 0.2) is 0 Å². The smallest absolute Gasteiger partial charge is 0.261 e. The molecule has 0 aromatic heterocycles. The highest BCUT2D eigenvalue weighted by Gasteiger charge is 2.46. The lowest BCUT2D eigenvalue weighted by Gasteiger charge is -2.30. The van der Waals surface area contributed by atoms with E-state index in [1.807, 2.05) is 42.5 Å². The average Bonchev–Trinajstić information content (AvgIpc) is 3.33. The summed E-state index contributed by atoms with van der Waals surface area (Å²) in [5, 5.41) is 0. The van der Waals surface area contributed by atoms with Gasteiger partial charge in [0.25, 0.3) is 11.8 Å². The van der Waals surface area contributed by atoms with Crippen LogP contribution in [0.3, 0.4) is 0 Å². The number of rotatable bonds is 4. The summed E-state index contributed by atoms with van der Waals surface area (Å²) in [6, 6.07) is 32.1. The number of carbonyl (C=O) groups excluding carboxylic acids is 2. The van der Waals surface area contributed by atoms with Crippen LogP contribution < -0.4 is 0 Å². The predicted molar refractivity (Wildman–Crippen MR) is 128 cm³/mol. The maximum absolute atomic E-state index is 13.8. The second-order valence-corrected chi connectivity index (χ2v) is 8.98. The number of hydrogen-bond acceptors (Lipinski definition) is 2. The first-order valence-corrected chi connectivity index (χ1v) is 11.5. The number of hydrogen-bond donors (Lipinski definition) is 0. The average molecular weight is 448 g/mol. The van der Waals surface area contributed by atoms with Crippen molar-refractivity contribution >= 4 is 11.8 Å². The van der Waals surface area contributed by atoms with Crippen LogP contribution in [0.25, 0.3) is 0 Å². The van der Waals surface area contributed by atoms with Gasteiger partial charge in [0.2, 0.25) is 0 Å². The lowest BCUT2D eigenvalue weighted by Crippen LogP contribution is -2.37. The van der Waals surface area contributed by atoms with Crippen molar-refractivity contribution in [3.8, 4) is 0 Å². The molecule has 6 rings (SSSR count). The molecule has 0 fully saturated rings. The van der Waals surface area contributed by atoms with Gasteiger partial charge in [-0.3, -0.25) is 14.5 Å². The fourth-order valence-electron chi connectivity index (χ4n) is 5.74. The standard InChI is InChI=1S/C30H22FNO2/c31-21-16-14-20(15-17-21)28-23-11-5-4-10-22(23)27(19-8-2-1-3-9-19)26(28)18-32-29(33)24-12-6-7-13-25(24)30(32)34/h1-17,26-28H,18H2/t26-,27+,28-/m0/s1. The molecular formula is C30H22FNO2. The second kappa shape index (κ2) is 8.07. The topological polar surface area (TPSA) is 37.4 Å². The zero-order valence-electron chi connectivity index (χ0n) is 18.4. The van der Waals surface area contributed by atoms with Crippen LogP contribution in [0.4, 0.5) is 4.39 Å². The van der Waals surface area contributed by atoms with Gasteiger partial charge in [0, 0.05) is 18.4 Å². The highest BCUT2D eigenvalue weighted by atomic mass is 19.1. The molecule has 0 unspecified atom stereocenters. The number of halogens is 1. The number of fused-ring (bicyclic) bond motifs is 2. The Bertz CT molecular complexity index is 1360.